The lowest BCUT2D eigenvalue weighted by Gasteiger charge is -2.10. The number of benzene rings is 1. The Labute approximate surface area is 151 Å². The number of aryl methyl sites for hydroxylation is 1. The van der Waals surface area contributed by atoms with Crippen LogP contribution in [0, 0.1) is 6.92 Å². The number of imidazole rings is 1. The van der Waals surface area contributed by atoms with Crippen molar-refractivity contribution in [3.05, 3.63) is 58.4 Å². The maximum absolute atomic E-state index is 4.42. The Bertz CT molecular complexity index is 821. The largest absolute Gasteiger partial charge is 0.356 e. The fraction of sp³-hybridized carbons (Fsp3) is 0.278. The monoisotopic (exact) mass is 354 g/mol. The number of aliphatic imine (C=N–C) groups is 1. The highest BCUT2D eigenvalue weighted by Gasteiger charge is 2.05. The molecule has 0 atom stereocenters. The number of H-pyrrole nitrogens is 1. The molecule has 25 heavy (non-hydrogen) atoms. The van der Waals surface area contributed by atoms with E-state index in [1.807, 2.05) is 30.6 Å². The first-order valence-electron chi connectivity index (χ1n) is 8.19. The summed E-state index contributed by atoms with van der Waals surface area (Å²) >= 11 is 1.73. The zero-order chi connectivity index (χ0) is 17.5. The molecule has 0 fully saturated rings. The molecule has 0 saturated heterocycles. The Morgan fingerprint density at radius 2 is 2.00 bits per heavy atom. The maximum atomic E-state index is 4.42. The van der Waals surface area contributed by atoms with Crippen LogP contribution < -0.4 is 10.6 Å². The number of guanidine groups is 1. The van der Waals surface area contributed by atoms with Crippen LogP contribution >= 0.6 is 11.3 Å². The van der Waals surface area contributed by atoms with Crippen LogP contribution in [0.15, 0.2) is 47.7 Å². The topological polar surface area (TPSA) is 78.0 Å². The molecule has 3 rings (SSSR count). The molecule has 0 aliphatic rings. The minimum absolute atomic E-state index is 0.586. The van der Waals surface area contributed by atoms with Gasteiger partial charge in [-0.1, -0.05) is 30.3 Å². The van der Waals surface area contributed by atoms with Crippen LogP contribution in [0.3, 0.4) is 0 Å². The minimum Gasteiger partial charge on any atom is -0.356 e. The van der Waals surface area contributed by atoms with Crippen molar-refractivity contribution in [3.8, 4) is 11.3 Å². The normalized spacial score (nSPS) is 11.5. The van der Waals surface area contributed by atoms with Gasteiger partial charge in [-0.2, -0.15) is 0 Å². The van der Waals surface area contributed by atoms with E-state index >= 15 is 0 Å². The van der Waals surface area contributed by atoms with Gasteiger partial charge in [0.15, 0.2) is 5.96 Å². The average molecular weight is 354 g/mol. The quantitative estimate of drug-likeness (QED) is 0.470. The highest BCUT2D eigenvalue weighted by molar-refractivity contribution is 7.11. The second-order valence-corrected chi connectivity index (χ2v) is 6.90. The average Bonchev–Trinajstić information content (AvgIpc) is 3.28. The molecule has 0 bridgehead atoms. The van der Waals surface area contributed by atoms with Crippen molar-refractivity contribution >= 4 is 17.3 Å². The number of thiazole rings is 1. The maximum Gasteiger partial charge on any atom is 0.191 e. The first-order chi connectivity index (χ1) is 12.2. The molecule has 0 aliphatic carbocycles. The van der Waals surface area contributed by atoms with Crippen molar-refractivity contribution in [3.63, 3.8) is 0 Å². The van der Waals surface area contributed by atoms with Crippen molar-refractivity contribution in [1.29, 1.82) is 0 Å². The Morgan fingerprint density at radius 3 is 2.72 bits per heavy atom. The molecule has 6 nitrogen and oxygen atoms in total. The van der Waals surface area contributed by atoms with Gasteiger partial charge in [-0.25, -0.2) is 9.97 Å². The number of aromatic nitrogens is 3. The van der Waals surface area contributed by atoms with E-state index < -0.39 is 0 Å². The molecule has 3 N–H and O–H groups in total. The number of rotatable bonds is 6. The van der Waals surface area contributed by atoms with Gasteiger partial charge in [0, 0.05) is 31.1 Å². The molecule has 0 saturated carbocycles. The summed E-state index contributed by atoms with van der Waals surface area (Å²) in [6.07, 6.45) is 4.65. The lowest BCUT2D eigenvalue weighted by Crippen LogP contribution is -2.38. The summed E-state index contributed by atoms with van der Waals surface area (Å²) in [6, 6.07) is 10.2. The van der Waals surface area contributed by atoms with E-state index in [0.717, 1.165) is 41.0 Å². The van der Waals surface area contributed by atoms with Crippen LogP contribution in [-0.2, 0) is 13.0 Å². The summed E-state index contributed by atoms with van der Waals surface area (Å²) in [6.45, 7) is 3.45. The predicted octanol–water partition coefficient (Wildman–Crippen LogP) is 2.75. The zero-order valence-electron chi connectivity index (χ0n) is 14.4. The minimum atomic E-state index is 0.586. The number of nitrogens with one attached hydrogen (secondary N) is 3. The second-order valence-electron chi connectivity index (χ2n) is 5.58. The summed E-state index contributed by atoms with van der Waals surface area (Å²) in [5.41, 5.74) is 2.14. The summed E-state index contributed by atoms with van der Waals surface area (Å²) in [7, 11) is 1.76. The Kier molecular flexibility index (Phi) is 5.79. The third kappa shape index (κ3) is 4.90. The fourth-order valence-corrected chi connectivity index (χ4v) is 3.20. The molecule has 0 radical (unpaired) electrons. The van der Waals surface area contributed by atoms with Gasteiger partial charge in [0.05, 0.1) is 23.4 Å². The van der Waals surface area contributed by atoms with Crippen molar-refractivity contribution < 1.29 is 0 Å². The lowest BCUT2D eigenvalue weighted by molar-refractivity contribution is 0.772. The standard InChI is InChI=1S/C18H22N6S/c1-13-10-22-17(25-13)8-9-20-18(19-2)23-12-16-21-11-15(24-16)14-6-4-3-5-7-14/h3-7,10-11H,8-9,12H2,1-2H3,(H,21,24)(H2,19,20,23). The molecule has 0 amide bonds. The van der Waals surface area contributed by atoms with Crippen molar-refractivity contribution in [2.45, 2.75) is 19.9 Å². The van der Waals surface area contributed by atoms with Gasteiger partial charge in [0.1, 0.15) is 5.82 Å². The molecule has 2 heterocycles. The molecular weight excluding hydrogens is 332 g/mol. The van der Waals surface area contributed by atoms with E-state index in [2.05, 4.69) is 49.6 Å². The van der Waals surface area contributed by atoms with Crippen molar-refractivity contribution in [2.24, 2.45) is 4.99 Å². The van der Waals surface area contributed by atoms with Crippen LogP contribution in [0.25, 0.3) is 11.3 Å². The van der Waals surface area contributed by atoms with Crippen molar-refractivity contribution in [2.75, 3.05) is 13.6 Å². The van der Waals surface area contributed by atoms with E-state index in [1.54, 1.807) is 18.4 Å². The van der Waals surface area contributed by atoms with Gasteiger partial charge < -0.3 is 15.6 Å². The van der Waals surface area contributed by atoms with Gasteiger partial charge in [-0.3, -0.25) is 4.99 Å². The summed E-state index contributed by atoms with van der Waals surface area (Å²) in [5, 5.41) is 7.71. The molecule has 0 spiro atoms. The third-order valence-electron chi connectivity index (χ3n) is 3.66. The number of aromatic amines is 1. The van der Waals surface area contributed by atoms with Gasteiger partial charge in [0.2, 0.25) is 0 Å². The van der Waals surface area contributed by atoms with Gasteiger partial charge in [-0.05, 0) is 12.5 Å². The highest BCUT2D eigenvalue weighted by atomic mass is 32.1. The summed E-state index contributed by atoms with van der Waals surface area (Å²) in [4.78, 5) is 17.6. The first kappa shape index (κ1) is 17.2. The number of nitrogens with zero attached hydrogens (tertiary/aromatic N) is 3. The van der Waals surface area contributed by atoms with Gasteiger partial charge in [0.25, 0.3) is 0 Å². The van der Waals surface area contributed by atoms with E-state index in [9.17, 15) is 0 Å². The van der Waals surface area contributed by atoms with Crippen LogP contribution in [0.4, 0.5) is 0 Å². The summed E-state index contributed by atoms with van der Waals surface area (Å²) in [5.74, 6) is 1.63. The Hall–Kier alpha value is -2.67. The molecule has 130 valence electrons. The van der Waals surface area contributed by atoms with Gasteiger partial charge >= 0.3 is 0 Å². The van der Waals surface area contributed by atoms with Crippen molar-refractivity contribution in [1.82, 2.24) is 25.6 Å². The second kappa shape index (κ2) is 8.43. The molecule has 1 aromatic carbocycles. The Balaban J connectivity index is 1.47. The molecule has 0 aliphatic heterocycles. The van der Waals surface area contributed by atoms with Crippen LogP contribution in [-0.4, -0.2) is 34.5 Å². The first-order valence-corrected chi connectivity index (χ1v) is 9.01. The van der Waals surface area contributed by atoms with E-state index in [0.29, 0.717) is 6.54 Å². The number of hydrogen-bond donors (Lipinski definition) is 3. The van der Waals surface area contributed by atoms with E-state index in [-0.39, 0.29) is 0 Å². The Morgan fingerprint density at radius 1 is 1.16 bits per heavy atom. The van der Waals surface area contributed by atoms with Crippen LogP contribution in [0.2, 0.25) is 0 Å². The lowest BCUT2D eigenvalue weighted by atomic mass is 10.2. The smallest absolute Gasteiger partial charge is 0.191 e. The molecule has 3 aromatic rings. The molecule has 2 aromatic heterocycles. The number of hydrogen-bond acceptors (Lipinski definition) is 4. The predicted molar refractivity (Wildman–Crippen MR) is 103 cm³/mol. The summed E-state index contributed by atoms with van der Waals surface area (Å²) < 4.78 is 0. The van der Waals surface area contributed by atoms with E-state index in [1.165, 1.54) is 4.88 Å². The molecule has 0 unspecified atom stereocenters. The van der Waals surface area contributed by atoms with Crippen LogP contribution in [0.1, 0.15) is 15.7 Å². The van der Waals surface area contributed by atoms with E-state index in [4.69, 9.17) is 0 Å². The van der Waals surface area contributed by atoms with Crippen LogP contribution in [0.5, 0.6) is 0 Å². The fourth-order valence-electron chi connectivity index (χ4n) is 2.41. The molecular formula is C18H22N6S. The zero-order valence-corrected chi connectivity index (χ0v) is 15.2. The molecule has 7 heteroatoms. The highest BCUT2D eigenvalue weighted by Crippen LogP contribution is 2.15. The third-order valence-corrected chi connectivity index (χ3v) is 4.63. The van der Waals surface area contributed by atoms with Gasteiger partial charge in [-0.15, -0.1) is 11.3 Å². The SMILES string of the molecule is CN=C(NCCc1ncc(C)s1)NCc1ncc(-c2ccccc2)[nH]1.